The van der Waals surface area contributed by atoms with Gasteiger partial charge in [0.15, 0.2) is 0 Å². The number of amides is 2. The number of hydrogen-bond donors (Lipinski definition) is 4. The molecule has 15 heteroatoms. The van der Waals surface area contributed by atoms with Crippen LogP contribution in [-0.4, -0.2) is 77.5 Å². The van der Waals surface area contributed by atoms with Gasteiger partial charge in [0.25, 0.3) is 11.8 Å². The molecule has 0 radical (unpaired) electrons. The maximum absolute atomic E-state index is 11.9. The Morgan fingerprint density at radius 2 is 2.07 bits per heavy atom. The number of aliphatic carboxylic acids is 1. The minimum Gasteiger partial charge on any atom is -0.862 e. The predicted molar refractivity (Wildman–Crippen MR) is 82.9 cm³/mol. The number of ether oxygens (including phenoxy) is 1. The Hall–Kier alpha value is -1.13. The van der Waals surface area contributed by atoms with Crippen molar-refractivity contribution in [3.05, 3.63) is 0 Å². The Morgan fingerprint density at radius 3 is 2.48 bits per heavy atom. The predicted octanol–water partition coefficient (Wildman–Crippen LogP) is -6.57. The second kappa shape index (κ2) is 9.88. The number of nitrogens with two attached hydrogens (primary N) is 1. The molecular weight excluding hydrogens is 399 g/mol. The van der Waals surface area contributed by atoms with Gasteiger partial charge in [0, 0.05) is 7.11 Å². The minimum absolute atomic E-state index is 0. The van der Waals surface area contributed by atoms with E-state index in [1.807, 2.05) is 0 Å². The fourth-order valence-electron chi connectivity index (χ4n) is 2.05. The third-order valence-corrected chi connectivity index (χ3v) is 4.46. The largest absolute Gasteiger partial charge is 1.00 e. The van der Waals surface area contributed by atoms with Gasteiger partial charge >= 0.3 is 45.8 Å². The van der Waals surface area contributed by atoms with Gasteiger partial charge in [0.1, 0.15) is 6.04 Å². The monoisotopic (exact) mass is 418 g/mol. The topological polar surface area (TPSA) is 212 Å². The van der Waals surface area contributed by atoms with Crippen molar-refractivity contribution >= 4 is 34.0 Å². The Morgan fingerprint density at radius 1 is 1.52 bits per heavy atom. The second-order valence-corrected chi connectivity index (χ2v) is 6.85. The number of carbonyl (C=O) groups is 3. The first-order valence-electron chi connectivity index (χ1n) is 7.23. The summed E-state index contributed by atoms with van der Waals surface area (Å²) in [7, 11) is -3.67. The van der Waals surface area contributed by atoms with E-state index in [1.165, 1.54) is 6.92 Å². The van der Waals surface area contributed by atoms with Crippen LogP contribution in [-0.2, 0) is 29.4 Å². The number of hydrogen-bond acceptors (Lipinski definition) is 9. The van der Waals surface area contributed by atoms with Crippen molar-refractivity contribution in [2.75, 3.05) is 13.7 Å². The Bertz CT molecular complexity index is 728. The van der Waals surface area contributed by atoms with Gasteiger partial charge in [-0.2, -0.15) is 8.42 Å². The summed E-state index contributed by atoms with van der Waals surface area (Å²) >= 11 is 0. The average Bonchev–Trinajstić information content (AvgIpc) is 2.53. The van der Waals surface area contributed by atoms with E-state index >= 15 is 0 Å². The molecule has 1 saturated heterocycles. The maximum atomic E-state index is 11.9. The average molecular weight is 418 g/mol. The van der Waals surface area contributed by atoms with E-state index in [-0.39, 0.29) is 46.7 Å². The first-order chi connectivity index (χ1) is 11.8. The first kappa shape index (κ1) is 25.9. The van der Waals surface area contributed by atoms with E-state index in [2.05, 4.69) is 10.3 Å². The molecule has 0 spiro atoms. The number of β-lactam (4-membered cyclic amide) rings is 1. The zero-order chi connectivity index (χ0) is 20.3. The number of carboxylic acid groups (broad SMARTS) is 1. The van der Waals surface area contributed by atoms with Crippen LogP contribution in [0.1, 0.15) is 19.8 Å². The molecule has 0 aromatic heterocycles. The minimum atomic E-state index is -4.75. The number of carboxylic acids is 1. The molecule has 0 saturated carbocycles. The van der Waals surface area contributed by atoms with Gasteiger partial charge in [-0.15, -0.1) is 0 Å². The van der Waals surface area contributed by atoms with Crippen LogP contribution in [0.4, 0.5) is 0 Å². The molecule has 0 aliphatic carbocycles. The van der Waals surface area contributed by atoms with Gasteiger partial charge in [0.05, 0.1) is 12.6 Å². The summed E-state index contributed by atoms with van der Waals surface area (Å²) in [6, 6.07) is -2.48. The summed E-state index contributed by atoms with van der Waals surface area (Å²) in [5.41, 5.74) is 3.36. The zero-order valence-electron chi connectivity index (χ0n) is 14.9. The van der Waals surface area contributed by atoms with Gasteiger partial charge in [-0.3, -0.25) is 24.3 Å². The van der Waals surface area contributed by atoms with E-state index < -0.39 is 58.3 Å². The molecule has 1 fully saturated rings. The van der Waals surface area contributed by atoms with Gasteiger partial charge in [-0.05, 0) is 25.7 Å². The molecule has 0 unspecified atom stereocenters. The molecule has 13 nitrogen and oxygen atoms in total. The SMILES string of the molecule is CO[C@]1(N[C@H](C)C(=O)N=C([O-])CC[C@H](N)C(=O)O)CN(S(=O)(=O)O)C1=O.[Na+]. The third kappa shape index (κ3) is 6.46. The van der Waals surface area contributed by atoms with Crippen molar-refractivity contribution in [3.63, 3.8) is 0 Å². The van der Waals surface area contributed by atoms with E-state index in [1.54, 1.807) is 0 Å². The van der Waals surface area contributed by atoms with Crippen LogP contribution in [0.15, 0.2) is 4.99 Å². The normalized spacial score (nSPS) is 22.4. The molecular formula is C12H19N4NaO9S. The van der Waals surface area contributed by atoms with Crippen LogP contribution >= 0.6 is 0 Å². The molecule has 1 rings (SSSR count). The second-order valence-electron chi connectivity index (χ2n) is 5.51. The number of nitrogens with zero attached hydrogens (tertiary/aromatic N) is 2. The quantitative estimate of drug-likeness (QED) is 0.0690. The summed E-state index contributed by atoms with van der Waals surface area (Å²) in [4.78, 5) is 37.6. The van der Waals surface area contributed by atoms with Crippen LogP contribution < -0.4 is 45.7 Å². The summed E-state index contributed by atoms with van der Waals surface area (Å²) in [6.45, 7) is 0.673. The van der Waals surface area contributed by atoms with Crippen molar-refractivity contribution in [2.45, 2.75) is 37.6 Å². The van der Waals surface area contributed by atoms with Gasteiger partial charge in [-0.25, -0.2) is 9.30 Å². The number of carbonyl (C=O) groups excluding carboxylic acids is 2. The van der Waals surface area contributed by atoms with Gasteiger partial charge in [0.2, 0.25) is 5.72 Å². The standard InChI is InChI=1S/C12H20N4O9S.Na/c1-6(9(18)14-8(17)4-3-7(13)10(19)20)15-12(25-2)5-16(11(12)21)26(22,23)24;/h6-7,15H,3-5,13H2,1-2H3,(H,19,20)(H,14,17,18)(H,22,23,24);/q;+1/p-1/t6-,7+,12-;/m1./s1. The van der Waals surface area contributed by atoms with Crippen molar-refractivity contribution < 1.29 is 71.9 Å². The molecule has 5 N–H and O–H groups in total. The molecule has 2 amide bonds. The number of methoxy groups -OCH3 is 1. The van der Waals surface area contributed by atoms with E-state index in [9.17, 15) is 27.9 Å². The third-order valence-electron chi connectivity index (χ3n) is 3.61. The van der Waals surface area contributed by atoms with Crippen molar-refractivity contribution in [2.24, 2.45) is 10.7 Å². The zero-order valence-corrected chi connectivity index (χ0v) is 17.7. The Kier molecular flexibility index (Phi) is 9.47. The van der Waals surface area contributed by atoms with E-state index in [0.717, 1.165) is 7.11 Å². The molecule has 0 aromatic carbocycles. The maximum Gasteiger partial charge on any atom is 1.00 e. The number of nitrogens with one attached hydrogen (secondary N) is 1. The molecule has 1 aliphatic rings. The fourth-order valence-corrected chi connectivity index (χ4v) is 2.75. The Labute approximate surface area is 177 Å². The number of aliphatic imine (C=N–C) groups is 1. The van der Waals surface area contributed by atoms with Crippen LogP contribution in [0, 0.1) is 0 Å². The molecule has 1 aliphatic heterocycles. The van der Waals surface area contributed by atoms with Crippen molar-refractivity contribution in [1.29, 1.82) is 0 Å². The van der Waals surface area contributed by atoms with Crippen LogP contribution in [0.5, 0.6) is 0 Å². The molecule has 27 heavy (non-hydrogen) atoms. The van der Waals surface area contributed by atoms with Crippen LogP contribution in [0.25, 0.3) is 0 Å². The van der Waals surface area contributed by atoms with Gasteiger partial charge in [-0.1, -0.05) is 0 Å². The smallest absolute Gasteiger partial charge is 0.862 e. The molecule has 3 atom stereocenters. The summed E-state index contributed by atoms with van der Waals surface area (Å²) in [5, 5.41) is 22.6. The van der Waals surface area contributed by atoms with Crippen molar-refractivity contribution in [1.82, 2.24) is 9.62 Å². The molecule has 0 bridgehead atoms. The van der Waals surface area contributed by atoms with Crippen LogP contribution in [0.2, 0.25) is 0 Å². The molecule has 0 aromatic rings. The molecule has 148 valence electrons. The summed E-state index contributed by atoms with van der Waals surface area (Å²) in [5.74, 6) is -4.31. The Balaban J connectivity index is 0.00000676. The number of rotatable bonds is 9. The molecule has 1 heterocycles. The summed E-state index contributed by atoms with van der Waals surface area (Å²) < 4.78 is 35.8. The van der Waals surface area contributed by atoms with Crippen molar-refractivity contribution in [3.8, 4) is 0 Å². The van der Waals surface area contributed by atoms with E-state index in [4.69, 9.17) is 20.1 Å². The van der Waals surface area contributed by atoms with Crippen LogP contribution in [0.3, 0.4) is 0 Å². The van der Waals surface area contributed by atoms with Gasteiger partial charge < -0.3 is 20.7 Å². The van der Waals surface area contributed by atoms with E-state index in [0.29, 0.717) is 0 Å². The summed E-state index contributed by atoms with van der Waals surface area (Å²) in [6.07, 6.45) is -0.576. The first-order valence-corrected chi connectivity index (χ1v) is 8.63. The fraction of sp³-hybridized carbons (Fsp3) is 0.667.